The molecular weight excluding hydrogens is 342 g/mol. The highest BCUT2D eigenvalue weighted by molar-refractivity contribution is 7.89. The zero-order chi connectivity index (χ0) is 17.9. The third-order valence-electron chi connectivity index (χ3n) is 4.18. The Balaban J connectivity index is 1.71. The molecule has 2 aromatic rings. The summed E-state index contributed by atoms with van der Waals surface area (Å²) in [5, 5.41) is 0. The van der Waals surface area contributed by atoms with Crippen molar-refractivity contribution in [2.45, 2.75) is 30.8 Å². The number of aromatic nitrogens is 2. The second-order valence-electron chi connectivity index (χ2n) is 5.76. The van der Waals surface area contributed by atoms with Gasteiger partial charge < -0.3 is 9.47 Å². The van der Waals surface area contributed by atoms with Crippen LogP contribution in [0.4, 0.5) is 0 Å². The van der Waals surface area contributed by atoms with E-state index in [0.29, 0.717) is 23.7 Å². The maximum absolute atomic E-state index is 12.8. The van der Waals surface area contributed by atoms with Gasteiger partial charge in [-0.15, -0.1) is 0 Å². The molecule has 0 aliphatic carbocycles. The van der Waals surface area contributed by atoms with E-state index in [9.17, 15) is 8.42 Å². The van der Waals surface area contributed by atoms with Crippen LogP contribution in [0.5, 0.6) is 11.8 Å². The van der Waals surface area contributed by atoms with E-state index in [1.807, 2.05) is 19.1 Å². The maximum atomic E-state index is 12.8. The summed E-state index contributed by atoms with van der Waals surface area (Å²) in [5.41, 5.74) is 1.11. The molecule has 1 aromatic heterocycles. The standard InChI is InChI=1S/C17H21N3O4S/c1-3-13-4-6-15(7-5-13)25(21,22)20-11-8-14(12-20)24-17-16(23-2)18-9-10-19-17/h4-7,9-10,14H,3,8,11-12H2,1-2H3. The number of rotatable bonds is 6. The number of ether oxygens (including phenoxy) is 2. The quantitative estimate of drug-likeness (QED) is 0.780. The number of benzene rings is 1. The molecule has 0 amide bonds. The van der Waals surface area contributed by atoms with Crippen LogP contribution in [0.2, 0.25) is 0 Å². The Morgan fingerprint density at radius 2 is 1.84 bits per heavy atom. The van der Waals surface area contributed by atoms with Crippen molar-refractivity contribution >= 4 is 10.0 Å². The lowest BCUT2D eigenvalue weighted by atomic mass is 10.2. The van der Waals surface area contributed by atoms with E-state index < -0.39 is 10.0 Å². The molecule has 1 atom stereocenters. The molecular formula is C17H21N3O4S. The number of methoxy groups -OCH3 is 1. The minimum absolute atomic E-state index is 0.275. The molecule has 25 heavy (non-hydrogen) atoms. The molecule has 3 rings (SSSR count). The van der Waals surface area contributed by atoms with E-state index >= 15 is 0 Å². The van der Waals surface area contributed by atoms with E-state index in [1.54, 1.807) is 12.1 Å². The van der Waals surface area contributed by atoms with Crippen LogP contribution in [-0.4, -0.2) is 49.0 Å². The lowest BCUT2D eigenvalue weighted by Crippen LogP contribution is -2.31. The first-order valence-corrected chi connectivity index (χ1v) is 9.59. The third kappa shape index (κ3) is 3.74. The third-order valence-corrected chi connectivity index (χ3v) is 6.06. The van der Waals surface area contributed by atoms with Gasteiger partial charge in [0.1, 0.15) is 6.10 Å². The van der Waals surface area contributed by atoms with Crippen LogP contribution in [0.15, 0.2) is 41.6 Å². The topological polar surface area (TPSA) is 81.6 Å². The SMILES string of the molecule is CCc1ccc(S(=O)(=O)N2CCC(Oc3nccnc3OC)C2)cc1. The molecule has 134 valence electrons. The molecule has 1 saturated heterocycles. The zero-order valence-corrected chi connectivity index (χ0v) is 15.1. The van der Waals surface area contributed by atoms with Crippen molar-refractivity contribution in [1.82, 2.24) is 14.3 Å². The molecule has 1 aromatic carbocycles. The van der Waals surface area contributed by atoms with E-state index in [1.165, 1.54) is 23.8 Å². The van der Waals surface area contributed by atoms with Crippen molar-refractivity contribution in [3.63, 3.8) is 0 Å². The van der Waals surface area contributed by atoms with Crippen LogP contribution in [0.1, 0.15) is 18.9 Å². The summed E-state index contributed by atoms with van der Waals surface area (Å²) in [6.07, 6.45) is 4.20. The smallest absolute Gasteiger partial charge is 0.278 e. The van der Waals surface area contributed by atoms with Crippen LogP contribution in [0.3, 0.4) is 0 Å². The first kappa shape index (κ1) is 17.6. The van der Waals surface area contributed by atoms with Gasteiger partial charge in [0, 0.05) is 18.9 Å². The van der Waals surface area contributed by atoms with Crippen molar-refractivity contribution in [3.05, 3.63) is 42.2 Å². The Kier molecular flexibility index (Phi) is 5.19. The highest BCUT2D eigenvalue weighted by Gasteiger charge is 2.34. The highest BCUT2D eigenvalue weighted by atomic mass is 32.2. The second kappa shape index (κ2) is 7.37. The highest BCUT2D eigenvalue weighted by Crippen LogP contribution is 2.26. The van der Waals surface area contributed by atoms with Crippen molar-refractivity contribution < 1.29 is 17.9 Å². The van der Waals surface area contributed by atoms with Gasteiger partial charge in [0.2, 0.25) is 10.0 Å². The van der Waals surface area contributed by atoms with Gasteiger partial charge >= 0.3 is 0 Å². The lowest BCUT2D eigenvalue weighted by molar-refractivity contribution is 0.194. The average molecular weight is 363 g/mol. The Bertz CT molecular complexity index is 824. The second-order valence-corrected chi connectivity index (χ2v) is 7.70. The molecule has 1 aliphatic heterocycles. The van der Waals surface area contributed by atoms with Crippen molar-refractivity contribution in [2.75, 3.05) is 20.2 Å². The summed E-state index contributed by atoms with van der Waals surface area (Å²) >= 11 is 0. The van der Waals surface area contributed by atoms with Gasteiger partial charge in [-0.3, -0.25) is 0 Å². The van der Waals surface area contributed by atoms with Gasteiger partial charge in [0.25, 0.3) is 11.8 Å². The molecule has 2 heterocycles. The number of hydrogen-bond donors (Lipinski definition) is 0. The molecule has 0 bridgehead atoms. The summed E-state index contributed by atoms with van der Waals surface area (Å²) in [4.78, 5) is 8.44. The summed E-state index contributed by atoms with van der Waals surface area (Å²) in [5.74, 6) is 0.570. The van der Waals surface area contributed by atoms with Gasteiger partial charge in [-0.1, -0.05) is 19.1 Å². The van der Waals surface area contributed by atoms with Crippen LogP contribution >= 0.6 is 0 Å². The largest absolute Gasteiger partial charge is 0.477 e. The van der Waals surface area contributed by atoms with E-state index in [4.69, 9.17) is 9.47 Å². The summed E-state index contributed by atoms with van der Waals surface area (Å²) < 4.78 is 37.9. The predicted molar refractivity (Wildman–Crippen MR) is 92.2 cm³/mol. The molecule has 0 radical (unpaired) electrons. The van der Waals surface area contributed by atoms with Crippen LogP contribution < -0.4 is 9.47 Å². The van der Waals surface area contributed by atoms with Gasteiger partial charge in [0.15, 0.2) is 0 Å². The van der Waals surface area contributed by atoms with E-state index in [0.717, 1.165) is 12.0 Å². The molecule has 0 saturated carbocycles. The van der Waals surface area contributed by atoms with Gasteiger partial charge in [0.05, 0.1) is 18.6 Å². The number of aryl methyl sites for hydroxylation is 1. The molecule has 7 nitrogen and oxygen atoms in total. The van der Waals surface area contributed by atoms with Crippen LogP contribution in [-0.2, 0) is 16.4 Å². The zero-order valence-electron chi connectivity index (χ0n) is 14.3. The molecule has 1 unspecified atom stereocenters. The fourth-order valence-corrected chi connectivity index (χ4v) is 4.24. The van der Waals surface area contributed by atoms with Crippen molar-refractivity contribution in [2.24, 2.45) is 0 Å². The molecule has 8 heteroatoms. The summed E-state index contributed by atoms with van der Waals surface area (Å²) in [6, 6.07) is 7.02. The van der Waals surface area contributed by atoms with E-state index in [2.05, 4.69) is 9.97 Å². The molecule has 1 fully saturated rings. The van der Waals surface area contributed by atoms with Crippen LogP contribution in [0, 0.1) is 0 Å². The number of sulfonamides is 1. The Morgan fingerprint density at radius 3 is 2.48 bits per heavy atom. The van der Waals surface area contributed by atoms with Gasteiger partial charge in [-0.05, 0) is 30.5 Å². The Hall–Kier alpha value is -2.19. The monoisotopic (exact) mass is 363 g/mol. The van der Waals surface area contributed by atoms with Crippen LogP contribution in [0.25, 0.3) is 0 Å². The molecule has 1 aliphatic rings. The normalized spacial score (nSPS) is 18.2. The van der Waals surface area contributed by atoms with Crippen molar-refractivity contribution in [3.8, 4) is 11.8 Å². The molecule has 0 spiro atoms. The fourth-order valence-electron chi connectivity index (χ4n) is 2.75. The average Bonchev–Trinajstić information content (AvgIpc) is 3.11. The maximum Gasteiger partial charge on any atom is 0.278 e. The lowest BCUT2D eigenvalue weighted by Gasteiger charge is -2.17. The summed E-state index contributed by atoms with van der Waals surface area (Å²) in [7, 11) is -2.03. The molecule has 0 N–H and O–H groups in total. The minimum atomic E-state index is -3.52. The predicted octanol–water partition coefficient (Wildman–Crippen LogP) is 1.89. The van der Waals surface area contributed by atoms with Gasteiger partial charge in [-0.2, -0.15) is 4.31 Å². The Morgan fingerprint density at radius 1 is 1.16 bits per heavy atom. The Labute approximate surface area is 147 Å². The summed E-state index contributed by atoms with van der Waals surface area (Å²) in [6.45, 7) is 2.72. The van der Waals surface area contributed by atoms with Crippen molar-refractivity contribution in [1.29, 1.82) is 0 Å². The number of hydrogen-bond acceptors (Lipinski definition) is 6. The number of nitrogens with zero attached hydrogens (tertiary/aromatic N) is 3. The van der Waals surface area contributed by atoms with Gasteiger partial charge in [-0.25, -0.2) is 18.4 Å². The first-order valence-electron chi connectivity index (χ1n) is 8.15. The fraction of sp³-hybridized carbons (Fsp3) is 0.412. The minimum Gasteiger partial charge on any atom is -0.477 e. The van der Waals surface area contributed by atoms with E-state index in [-0.39, 0.29) is 18.5 Å². The first-order chi connectivity index (χ1) is 12.0.